The van der Waals surface area contributed by atoms with Gasteiger partial charge in [0.1, 0.15) is 0 Å². The highest BCUT2D eigenvalue weighted by Crippen LogP contribution is 2.40. The Morgan fingerprint density at radius 3 is 2.50 bits per heavy atom. The van der Waals surface area contributed by atoms with E-state index in [0.717, 1.165) is 0 Å². The monoisotopic (exact) mass is 305 g/mol. The van der Waals surface area contributed by atoms with E-state index >= 15 is 0 Å². The summed E-state index contributed by atoms with van der Waals surface area (Å²) < 4.78 is 28.0. The molecule has 0 spiro atoms. The van der Waals surface area contributed by atoms with Crippen molar-refractivity contribution in [2.45, 2.75) is 18.9 Å². The number of sulfone groups is 1. The number of ether oxygens (including phenoxy) is 1. The molecular weight excluding hydrogens is 286 g/mol. The normalized spacial score (nSPS) is 30.9. The number of rotatable bonds is 6. The van der Waals surface area contributed by atoms with Crippen molar-refractivity contribution in [2.75, 3.05) is 31.8 Å². The van der Waals surface area contributed by atoms with Crippen molar-refractivity contribution in [1.29, 1.82) is 0 Å². The summed E-state index contributed by atoms with van der Waals surface area (Å²) in [4.78, 5) is 24.7. The van der Waals surface area contributed by atoms with Crippen molar-refractivity contribution in [3.63, 3.8) is 0 Å². The van der Waals surface area contributed by atoms with Crippen LogP contribution in [0.25, 0.3) is 0 Å². The van der Waals surface area contributed by atoms with E-state index in [4.69, 9.17) is 9.84 Å². The SMILES string of the molecule is COCCN(C(=O)[C@@H]1C[C@H]1C(=O)O)[C@H]1CCS(=O)(=O)C1. The third-order valence-corrected chi connectivity index (χ3v) is 5.64. The highest BCUT2D eigenvalue weighted by Gasteiger charge is 2.51. The first kappa shape index (κ1) is 15.2. The Labute approximate surface area is 117 Å². The van der Waals surface area contributed by atoms with Crippen LogP contribution in [-0.4, -0.2) is 68.1 Å². The van der Waals surface area contributed by atoms with Crippen molar-refractivity contribution in [1.82, 2.24) is 4.90 Å². The fourth-order valence-corrected chi connectivity index (χ4v) is 4.37. The van der Waals surface area contributed by atoms with Crippen molar-refractivity contribution < 1.29 is 27.9 Å². The molecule has 8 heteroatoms. The minimum Gasteiger partial charge on any atom is -0.481 e. The van der Waals surface area contributed by atoms with E-state index in [1.807, 2.05) is 0 Å². The summed E-state index contributed by atoms with van der Waals surface area (Å²) in [5, 5.41) is 8.89. The molecule has 0 bridgehead atoms. The largest absolute Gasteiger partial charge is 0.481 e. The zero-order valence-electron chi connectivity index (χ0n) is 11.3. The maximum Gasteiger partial charge on any atom is 0.307 e. The zero-order chi connectivity index (χ0) is 14.9. The summed E-state index contributed by atoms with van der Waals surface area (Å²) in [6, 6.07) is -0.349. The van der Waals surface area contributed by atoms with Crippen LogP contribution in [0, 0.1) is 11.8 Å². The Morgan fingerprint density at radius 2 is 2.05 bits per heavy atom. The Kier molecular flexibility index (Phi) is 4.33. The van der Waals surface area contributed by atoms with Gasteiger partial charge in [-0.25, -0.2) is 8.42 Å². The van der Waals surface area contributed by atoms with Crippen LogP contribution in [0.2, 0.25) is 0 Å². The Morgan fingerprint density at radius 1 is 1.35 bits per heavy atom. The number of amides is 1. The molecule has 114 valence electrons. The number of methoxy groups -OCH3 is 1. The van der Waals surface area contributed by atoms with Gasteiger partial charge in [0.2, 0.25) is 5.91 Å². The fraction of sp³-hybridized carbons (Fsp3) is 0.833. The lowest BCUT2D eigenvalue weighted by Crippen LogP contribution is -2.44. The highest BCUT2D eigenvalue weighted by molar-refractivity contribution is 7.91. The molecule has 2 rings (SSSR count). The summed E-state index contributed by atoms with van der Waals surface area (Å²) >= 11 is 0. The van der Waals surface area contributed by atoms with Crippen LogP contribution in [0.4, 0.5) is 0 Å². The number of carboxylic acids is 1. The molecule has 2 aliphatic rings. The Hall–Kier alpha value is -1.15. The van der Waals surface area contributed by atoms with Gasteiger partial charge in [0, 0.05) is 19.7 Å². The molecule has 1 aliphatic carbocycles. The van der Waals surface area contributed by atoms with E-state index in [1.165, 1.54) is 12.0 Å². The van der Waals surface area contributed by atoms with Crippen LogP contribution in [-0.2, 0) is 24.2 Å². The van der Waals surface area contributed by atoms with Crippen molar-refractivity contribution in [3.05, 3.63) is 0 Å². The minimum absolute atomic E-state index is 0.0348. The molecule has 2 fully saturated rings. The predicted octanol–water partition coefficient (Wildman–Crippen LogP) is -0.631. The molecule has 7 nitrogen and oxygen atoms in total. The second-order valence-corrected chi connectivity index (χ2v) is 7.60. The molecule has 0 aromatic heterocycles. The van der Waals surface area contributed by atoms with Crippen LogP contribution in [0.1, 0.15) is 12.8 Å². The summed E-state index contributed by atoms with van der Waals surface area (Å²) in [7, 11) is -1.58. The molecule has 1 saturated heterocycles. The van der Waals surface area contributed by atoms with Crippen LogP contribution >= 0.6 is 0 Å². The molecule has 3 atom stereocenters. The third-order valence-electron chi connectivity index (χ3n) is 3.89. The van der Waals surface area contributed by atoms with E-state index in [9.17, 15) is 18.0 Å². The number of hydrogen-bond acceptors (Lipinski definition) is 5. The third kappa shape index (κ3) is 3.29. The van der Waals surface area contributed by atoms with Crippen molar-refractivity contribution >= 4 is 21.7 Å². The standard InChI is InChI=1S/C12H19NO6S/c1-19-4-3-13(8-2-5-20(17,18)7-8)11(14)9-6-10(9)12(15)16/h8-10H,2-7H2,1H3,(H,15,16)/t8-,9+,10+/m0/s1. The topological polar surface area (TPSA) is 101 Å². The summed E-state index contributed by atoms with van der Waals surface area (Å²) in [5.74, 6) is -2.29. The number of nitrogens with zero attached hydrogens (tertiary/aromatic N) is 1. The maximum absolute atomic E-state index is 12.3. The second-order valence-electron chi connectivity index (χ2n) is 5.37. The van der Waals surface area contributed by atoms with E-state index in [0.29, 0.717) is 26.0 Å². The zero-order valence-corrected chi connectivity index (χ0v) is 12.1. The number of carbonyl (C=O) groups excluding carboxylic acids is 1. The first-order chi connectivity index (χ1) is 9.35. The average molecular weight is 305 g/mol. The molecule has 0 radical (unpaired) electrons. The molecule has 0 aromatic carbocycles. The van der Waals surface area contributed by atoms with Gasteiger partial charge in [0.05, 0.1) is 29.9 Å². The first-order valence-corrected chi connectivity index (χ1v) is 8.40. The Balaban J connectivity index is 2.04. The summed E-state index contributed by atoms with van der Waals surface area (Å²) in [5.41, 5.74) is 0. The van der Waals surface area contributed by atoms with Gasteiger partial charge in [-0.15, -0.1) is 0 Å². The molecule has 0 aromatic rings. The van der Waals surface area contributed by atoms with Gasteiger partial charge in [-0.05, 0) is 12.8 Å². The molecule has 0 unspecified atom stereocenters. The lowest BCUT2D eigenvalue weighted by Gasteiger charge is -2.28. The number of carbonyl (C=O) groups is 2. The predicted molar refractivity (Wildman–Crippen MR) is 69.9 cm³/mol. The second kappa shape index (κ2) is 5.69. The van der Waals surface area contributed by atoms with Gasteiger partial charge < -0.3 is 14.7 Å². The molecule has 20 heavy (non-hydrogen) atoms. The van der Waals surface area contributed by atoms with Crippen LogP contribution in [0.5, 0.6) is 0 Å². The van der Waals surface area contributed by atoms with E-state index < -0.39 is 27.6 Å². The molecule has 1 amide bonds. The summed E-state index contributed by atoms with van der Waals surface area (Å²) in [6.07, 6.45) is 0.763. The molecule has 1 aliphatic heterocycles. The van der Waals surface area contributed by atoms with Crippen molar-refractivity contribution in [2.24, 2.45) is 11.8 Å². The molecule has 1 saturated carbocycles. The van der Waals surface area contributed by atoms with Gasteiger partial charge in [0.15, 0.2) is 9.84 Å². The van der Waals surface area contributed by atoms with Crippen molar-refractivity contribution in [3.8, 4) is 0 Å². The van der Waals surface area contributed by atoms with Gasteiger partial charge >= 0.3 is 5.97 Å². The smallest absolute Gasteiger partial charge is 0.307 e. The summed E-state index contributed by atoms with van der Waals surface area (Å²) in [6.45, 7) is 0.616. The fourth-order valence-electron chi connectivity index (χ4n) is 2.64. The van der Waals surface area contributed by atoms with Gasteiger partial charge in [-0.3, -0.25) is 9.59 Å². The van der Waals surface area contributed by atoms with Gasteiger partial charge in [-0.2, -0.15) is 0 Å². The number of hydrogen-bond donors (Lipinski definition) is 1. The average Bonchev–Trinajstić information content (AvgIpc) is 3.09. The van der Waals surface area contributed by atoms with Crippen LogP contribution in [0.3, 0.4) is 0 Å². The van der Waals surface area contributed by atoms with Crippen LogP contribution in [0.15, 0.2) is 0 Å². The number of carboxylic acid groups (broad SMARTS) is 1. The van der Waals surface area contributed by atoms with Gasteiger partial charge in [-0.1, -0.05) is 0 Å². The minimum atomic E-state index is -3.09. The van der Waals surface area contributed by atoms with E-state index in [1.54, 1.807) is 0 Å². The molecular formula is C12H19NO6S. The lowest BCUT2D eigenvalue weighted by molar-refractivity contribution is -0.142. The molecule has 1 heterocycles. The maximum atomic E-state index is 12.3. The highest BCUT2D eigenvalue weighted by atomic mass is 32.2. The van der Waals surface area contributed by atoms with Gasteiger partial charge in [0.25, 0.3) is 0 Å². The molecule has 1 N–H and O–H groups in total. The van der Waals surface area contributed by atoms with E-state index in [2.05, 4.69) is 0 Å². The van der Waals surface area contributed by atoms with E-state index in [-0.39, 0.29) is 23.5 Å². The van der Waals surface area contributed by atoms with Crippen LogP contribution < -0.4 is 0 Å². The first-order valence-electron chi connectivity index (χ1n) is 6.58. The number of aliphatic carboxylic acids is 1. The quantitative estimate of drug-likeness (QED) is 0.701. The lowest BCUT2D eigenvalue weighted by atomic mass is 10.2. The Bertz CT molecular complexity index is 502.